The van der Waals surface area contributed by atoms with E-state index in [1.807, 2.05) is 18.4 Å². The lowest BCUT2D eigenvalue weighted by Gasteiger charge is -2.02. The third kappa shape index (κ3) is 4.03. The summed E-state index contributed by atoms with van der Waals surface area (Å²) < 4.78 is 27.4. The summed E-state index contributed by atoms with van der Waals surface area (Å²) in [4.78, 5) is 5.21. The Kier molecular flexibility index (Phi) is 4.30. The van der Waals surface area contributed by atoms with E-state index in [4.69, 9.17) is 0 Å². The van der Waals surface area contributed by atoms with Crippen LogP contribution in [0.4, 0.5) is 5.13 Å². The Labute approximate surface area is 132 Å². The molecular weight excluding hydrogens is 326 g/mol. The second-order valence-electron chi connectivity index (χ2n) is 5.10. The van der Waals surface area contributed by atoms with Gasteiger partial charge in [-0.25, -0.2) is 13.4 Å². The lowest BCUT2D eigenvalue weighted by molar-refractivity contribution is 0.603. The van der Waals surface area contributed by atoms with Gasteiger partial charge in [0.1, 0.15) is 4.21 Å². The normalized spacial score (nSPS) is 15.3. The van der Waals surface area contributed by atoms with Crippen molar-refractivity contribution in [2.24, 2.45) is 0 Å². The fourth-order valence-corrected chi connectivity index (χ4v) is 5.19. The SMILES string of the molecule is Cc1csc(NS(=O)(=O)c2ccc(CCNC3CC3)s2)n1. The summed E-state index contributed by atoms with van der Waals surface area (Å²) in [5.41, 5.74) is 0.815. The number of thiophene rings is 1. The van der Waals surface area contributed by atoms with Crippen LogP contribution in [0.1, 0.15) is 23.4 Å². The first kappa shape index (κ1) is 15.0. The summed E-state index contributed by atoms with van der Waals surface area (Å²) in [5, 5.41) is 5.66. The standard InChI is InChI=1S/C13H17N3O2S3/c1-9-8-19-13(15-9)16-21(17,18)12-5-4-11(20-12)6-7-14-10-2-3-10/h4-5,8,10,14H,2-3,6-7H2,1H3,(H,15,16). The number of hydrogen-bond donors (Lipinski definition) is 2. The zero-order valence-electron chi connectivity index (χ0n) is 11.6. The molecule has 1 aliphatic rings. The third-order valence-electron chi connectivity index (χ3n) is 3.12. The number of thiazole rings is 1. The second-order valence-corrected chi connectivity index (χ2v) is 9.03. The number of sulfonamides is 1. The van der Waals surface area contributed by atoms with Crippen LogP contribution in [0.2, 0.25) is 0 Å². The molecule has 5 nitrogen and oxygen atoms in total. The first-order valence-corrected chi connectivity index (χ1v) is 9.98. The second kappa shape index (κ2) is 6.04. The summed E-state index contributed by atoms with van der Waals surface area (Å²) in [7, 11) is -3.51. The topological polar surface area (TPSA) is 71.1 Å². The van der Waals surface area contributed by atoms with Crippen molar-refractivity contribution in [3.8, 4) is 0 Å². The molecule has 1 fully saturated rings. The summed E-state index contributed by atoms with van der Waals surface area (Å²) in [6.07, 6.45) is 3.40. The lowest BCUT2D eigenvalue weighted by atomic mass is 10.3. The van der Waals surface area contributed by atoms with Gasteiger partial charge in [-0.2, -0.15) is 0 Å². The minimum atomic E-state index is -3.51. The molecule has 21 heavy (non-hydrogen) atoms. The zero-order chi connectivity index (χ0) is 14.9. The number of nitrogens with zero attached hydrogens (tertiary/aromatic N) is 1. The van der Waals surface area contributed by atoms with Crippen LogP contribution in [-0.2, 0) is 16.4 Å². The van der Waals surface area contributed by atoms with E-state index in [-0.39, 0.29) is 0 Å². The Bertz CT molecular complexity index is 717. The highest BCUT2D eigenvalue weighted by Gasteiger charge is 2.21. The van der Waals surface area contributed by atoms with Crippen molar-refractivity contribution < 1.29 is 8.42 Å². The predicted molar refractivity (Wildman–Crippen MR) is 86.7 cm³/mol. The number of anilines is 1. The van der Waals surface area contributed by atoms with Crippen LogP contribution < -0.4 is 10.0 Å². The van der Waals surface area contributed by atoms with Gasteiger partial charge in [-0.15, -0.1) is 22.7 Å². The lowest BCUT2D eigenvalue weighted by Crippen LogP contribution is -2.18. The van der Waals surface area contributed by atoms with Crippen molar-refractivity contribution in [3.63, 3.8) is 0 Å². The molecule has 1 aliphatic carbocycles. The Balaban J connectivity index is 1.62. The monoisotopic (exact) mass is 343 g/mol. The van der Waals surface area contributed by atoms with Crippen molar-refractivity contribution in [1.29, 1.82) is 0 Å². The minimum Gasteiger partial charge on any atom is -0.314 e. The summed E-state index contributed by atoms with van der Waals surface area (Å²) in [5.74, 6) is 0. The molecule has 2 heterocycles. The van der Waals surface area contributed by atoms with Gasteiger partial charge >= 0.3 is 0 Å². The molecule has 0 atom stereocenters. The number of rotatable bonds is 7. The molecule has 0 bridgehead atoms. The van der Waals surface area contributed by atoms with Gasteiger partial charge in [0.2, 0.25) is 0 Å². The first-order valence-electron chi connectivity index (χ1n) is 6.80. The Morgan fingerprint density at radius 1 is 1.38 bits per heavy atom. The molecule has 0 spiro atoms. The summed E-state index contributed by atoms with van der Waals surface area (Å²) in [6, 6.07) is 4.24. The Hall–Kier alpha value is -0.960. The average molecular weight is 343 g/mol. The third-order valence-corrected chi connectivity index (χ3v) is 7.10. The largest absolute Gasteiger partial charge is 0.314 e. The molecule has 0 aliphatic heterocycles. The fraction of sp³-hybridized carbons (Fsp3) is 0.462. The molecule has 0 aromatic carbocycles. The van der Waals surface area contributed by atoms with E-state index < -0.39 is 10.0 Å². The predicted octanol–water partition coefficient (Wildman–Crippen LogP) is 2.61. The average Bonchev–Trinajstić information content (AvgIpc) is 2.94. The number of aromatic nitrogens is 1. The van der Waals surface area contributed by atoms with E-state index in [0.717, 1.165) is 23.5 Å². The summed E-state index contributed by atoms with van der Waals surface area (Å²) >= 11 is 2.62. The highest BCUT2D eigenvalue weighted by molar-refractivity contribution is 7.94. The highest BCUT2D eigenvalue weighted by Crippen LogP contribution is 2.26. The molecular formula is C13H17N3O2S3. The maximum atomic E-state index is 12.3. The number of nitrogens with one attached hydrogen (secondary N) is 2. The molecule has 0 amide bonds. The van der Waals surface area contributed by atoms with E-state index in [1.165, 1.54) is 35.5 Å². The van der Waals surface area contributed by atoms with Crippen molar-refractivity contribution in [2.45, 2.75) is 36.4 Å². The van der Waals surface area contributed by atoms with Gasteiger partial charge in [-0.1, -0.05) is 0 Å². The molecule has 3 rings (SSSR count). The van der Waals surface area contributed by atoms with Gasteiger partial charge in [-0.05, 0) is 38.3 Å². The molecule has 2 aromatic heterocycles. The van der Waals surface area contributed by atoms with Crippen molar-refractivity contribution in [1.82, 2.24) is 10.3 Å². The molecule has 114 valence electrons. The Morgan fingerprint density at radius 2 is 2.19 bits per heavy atom. The molecule has 8 heteroatoms. The van der Waals surface area contributed by atoms with Gasteiger partial charge in [0.15, 0.2) is 5.13 Å². The maximum Gasteiger partial charge on any atom is 0.273 e. The van der Waals surface area contributed by atoms with Crippen molar-refractivity contribution >= 4 is 37.8 Å². The smallest absolute Gasteiger partial charge is 0.273 e. The van der Waals surface area contributed by atoms with Crippen molar-refractivity contribution in [2.75, 3.05) is 11.3 Å². The van der Waals surface area contributed by atoms with Crippen LogP contribution in [0.3, 0.4) is 0 Å². The van der Waals surface area contributed by atoms with Gasteiger partial charge in [0, 0.05) is 22.8 Å². The van der Waals surface area contributed by atoms with E-state index in [0.29, 0.717) is 15.4 Å². The van der Waals surface area contributed by atoms with Gasteiger partial charge in [0.25, 0.3) is 10.0 Å². The molecule has 2 N–H and O–H groups in total. The Morgan fingerprint density at radius 3 is 2.86 bits per heavy atom. The molecule has 1 saturated carbocycles. The van der Waals surface area contributed by atoms with Crippen LogP contribution in [0, 0.1) is 6.92 Å². The van der Waals surface area contributed by atoms with Crippen LogP contribution >= 0.6 is 22.7 Å². The molecule has 0 unspecified atom stereocenters. The van der Waals surface area contributed by atoms with Crippen LogP contribution in [0.5, 0.6) is 0 Å². The quantitative estimate of drug-likeness (QED) is 0.811. The first-order chi connectivity index (χ1) is 10.0. The van der Waals surface area contributed by atoms with Crippen LogP contribution in [0.15, 0.2) is 21.7 Å². The molecule has 0 saturated heterocycles. The van der Waals surface area contributed by atoms with Crippen molar-refractivity contribution in [3.05, 3.63) is 28.1 Å². The fourth-order valence-electron chi connectivity index (χ4n) is 1.89. The summed E-state index contributed by atoms with van der Waals surface area (Å²) in [6.45, 7) is 2.74. The number of hydrogen-bond acceptors (Lipinski definition) is 6. The maximum absolute atomic E-state index is 12.3. The van der Waals surface area contributed by atoms with E-state index >= 15 is 0 Å². The number of aryl methyl sites for hydroxylation is 1. The highest BCUT2D eigenvalue weighted by atomic mass is 32.2. The zero-order valence-corrected chi connectivity index (χ0v) is 14.1. The van der Waals surface area contributed by atoms with E-state index in [1.54, 1.807) is 6.07 Å². The van der Waals surface area contributed by atoms with Gasteiger partial charge in [0.05, 0.1) is 5.69 Å². The van der Waals surface area contributed by atoms with E-state index in [2.05, 4.69) is 15.0 Å². The minimum absolute atomic E-state index is 0.344. The van der Waals surface area contributed by atoms with Gasteiger partial charge < -0.3 is 5.32 Å². The van der Waals surface area contributed by atoms with E-state index in [9.17, 15) is 8.42 Å². The van der Waals surface area contributed by atoms with Gasteiger partial charge in [-0.3, -0.25) is 4.72 Å². The van der Waals surface area contributed by atoms with Crippen LogP contribution in [-0.4, -0.2) is 26.0 Å². The molecule has 0 radical (unpaired) electrons. The molecule has 2 aromatic rings. The van der Waals surface area contributed by atoms with Crippen LogP contribution in [0.25, 0.3) is 0 Å².